The summed E-state index contributed by atoms with van der Waals surface area (Å²) >= 11 is 0. The van der Waals surface area contributed by atoms with Gasteiger partial charge in [0.1, 0.15) is 5.82 Å². The lowest BCUT2D eigenvalue weighted by molar-refractivity contribution is 0.498. The van der Waals surface area contributed by atoms with Crippen molar-refractivity contribution in [2.24, 2.45) is 0 Å². The van der Waals surface area contributed by atoms with E-state index in [1.165, 1.54) is 12.1 Å². The van der Waals surface area contributed by atoms with E-state index >= 15 is 0 Å². The fourth-order valence-corrected chi connectivity index (χ4v) is 3.55. The highest BCUT2D eigenvalue weighted by Crippen LogP contribution is 2.21. The molecule has 1 aromatic carbocycles. The monoisotopic (exact) mass is 272 g/mol. The molecule has 18 heavy (non-hydrogen) atoms. The van der Waals surface area contributed by atoms with E-state index < -0.39 is 21.1 Å². The van der Waals surface area contributed by atoms with Gasteiger partial charge < -0.3 is 5.32 Å². The molecule has 2 rings (SSSR count). The number of halogens is 1. The van der Waals surface area contributed by atoms with Gasteiger partial charge in [0.25, 0.3) is 0 Å². The van der Waals surface area contributed by atoms with Gasteiger partial charge in [0.05, 0.1) is 10.9 Å². The van der Waals surface area contributed by atoms with Crippen LogP contribution in [0.3, 0.4) is 0 Å². The summed E-state index contributed by atoms with van der Waals surface area (Å²) in [5.41, 5.74) is 0.855. The minimum absolute atomic E-state index is 0.0357. The van der Waals surface area contributed by atoms with Gasteiger partial charge in [0.2, 0.25) is 10.0 Å². The maximum Gasteiger partial charge on any atom is 0.235 e. The molecule has 0 bridgehead atoms. The number of rotatable bonds is 3. The van der Waals surface area contributed by atoms with Crippen molar-refractivity contribution in [3.63, 3.8) is 0 Å². The molecule has 0 atom stereocenters. The van der Waals surface area contributed by atoms with Crippen LogP contribution in [0.15, 0.2) is 18.2 Å². The lowest BCUT2D eigenvalue weighted by Gasteiger charge is -2.23. The second kappa shape index (κ2) is 5.24. The van der Waals surface area contributed by atoms with Crippen LogP contribution >= 0.6 is 0 Å². The molecule has 0 spiro atoms. The van der Waals surface area contributed by atoms with Crippen LogP contribution in [0, 0.1) is 12.7 Å². The van der Waals surface area contributed by atoms with Gasteiger partial charge in [-0.1, -0.05) is 6.07 Å². The third-order valence-corrected chi connectivity index (χ3v) is 4.95. The van der Waals surface area contributed by atoms with Crippen LogP contribution < -0.4 is 10.0 Å². The predicted molar refractivity (Wildman–Crippen MR) is 69.6 cm³/mol. The largest absolute Gasteiger partial charge is 0.317 e. The normalized spacial score (nSPS) is 17.7. The molecule has 1 heterocycles. The fourth-order valence-electron chi connectivity index (χ4n) is 2.06. The van der Waals surface area contributed by atoms with E-state index in [1.807, 2.05) is 0 Å². The second-order valence-corrected chi connectivity index (χ2v) is 6.54. The molecular weight excluding hydrogens is 255 g/mol. The topological polar surface area (TPSA) is 58.2 Å². The zero-order valence-electron chi connectivity index (χ0n) is 10.2. The number of piperidine rings is 1. The molecule has 1 fully saturated rings. The van der Waals surface area contributed by atoms with Crippen LogP contribution in [0.1, 0.15) is 18.4 Å². The van der Waals surface area contributed by atoms with Crippen LogP contribution in [-0.2, 0) is 10.0 Å². The van der Waals surface area contributed by atoms with Crippen LogP contribution in [0.5, 0.6) is 0 Å². The predicted octanol–water partition coefficient (Wildman–Crippen LogP) is 1.63. The van der Waals surface area contributed by atoms with Gasteiger partial charge in [-0.15, -0.1) is 0 Å². The van der Waals surface area contributed by atoms with Crippen molar-refractivity contribution in [2.75, 3.05) is 17.8 Å². The number of nitrogens with one attached hydrogen (secondary N) is 2. The Morgan fingerprint density at radius 2 is 2.00 bits per heavy atom. The molecule has 6 heteroatoms. The number of sulfonamides is 1. The van der Waals surface area contributed by atoms with Crippen LogP contribution in [0.2, 0.25) is 0 Å². The van der Waals surface area contributed by atoms with Gasteiger partial charge >= 0.3 is 0 Å². The van der Waals surface area contributed by atoms with Gasteiger partial charge in [0, 0.05) is 0 Å². The molecular formula is C12H17FN2O2S. The molecule has 1 aromatic rings. The van der Waals surface area contributed by atoms with E-state index in [9.17, 15) is 12.8 Å². The minimum atomic E-state index is -3.51. The summed E-state index contributed by atoms with van der Waals surface area (Å²) in [5.74, 6) is -0.543. The molecule has 1 aliphatic heterocycles. The molecule has 4 nitrogen and oxygen atoms in total. The molecule has 1 saturated heterocycles. The molecule has 100 valence electrons. The summed E-state index contributed by atoms with van der Waals surface area (Å²) in [6, 6.07) is 4.39. The summed E-state index contributed by atoms with van der Waals surface area (Å²) < 4.78 is 40.1. The maximum atomic E-state index is 13.5. The van der Waals surface area contributed by atoms with Gasteiger partial charge in [-0.2, -0.15) is 0 Å². The Bertz CT molecular complexity index is 525. The van der Waals surface area contributed by atoms with Crippen molar-refractivity contribution in [3.8, 4) is 0 Å². The van der Waals surface area contributed by atoms with E-state index in [-0.39, 0.29) is 5.69 Å². The highest BCUT2D eigenvalue weighted by atomic mass is 32.2. The smallest absolute Gasteiger partial charge is 0.235 e. The molecule has 0 amide bonds. The maximum absolute atomic E-state index is 13.5. The first-order valence-electron chi connectivity index (χ1n) is 5.97. The Morgan fingerprint density at radius 3 is 2.67 bits per heavy atom. The van der Waals surface area contributed by atoms with Crippen LogP contribution in [0.25, 0.3) is 0 Å². The zero-order valence-corrected chi connectivity index (χ0v) is 11.1. The van der Waals surface area contributed by atoms with Crippen LogP contribution in [0.4, 0.5) is 10.1 Å². The first-order chi connectivity index (χ1) is 8.49. The van der Waals surface area contributed by atoms with E-state index in [0.717, 1.165) is 5.56 Å². The standard InChI is InChI=1S/C12H17FN2O2S/c1-9-2-3-11(13)12(8-9)15-18(16,17)10-4-6-14-7-5-10/h2-3,8,10,14-15H,4-7H2,1H3. The third-order valence-electron chi connectivity index (χ3n) is 3.10. The van der Waals surface area contributed by atoms with E-state index in [1.54, 1.807) is 13.0 Å². The van der Waals surface area contributed by atoms with Crippen molar-refractivity contribution >= 4 is 15.7 Å². The molecule has 0 radical (unpaired) electrons. The van der Waals surface area contributed by atoms with Crippen LogP contribution in [-0.4, -0.2) is 26.8 Å². The number of aryl methyl sites for hydroxylation is 1. The number of hydrogen-bond acceptors (Lipinski definition) is 3. The first kappa shape index (κ1) is 13.3. The average Bonchev–Trinajstić information content (AvgIpc) is 2.35. The summed E-state index contributed by atoms with van der Waals surface area (Å²) in [6.07, 6.45) is 1.12. The Kier molecular flexibility index (Phi) is 3.87. The number of hydrogen-bond donors (Lipinski definition) is 2. The fraction of sp³-hybridized carbons (Fsp3) is 0.500. The SMILES string of the molecule is Cc1ccc(F)c(NS(=O)(=O)C2CCNCC2)c1. The minimum Gasteiger partial charge on any atom is -0.317 e. The van der Waals surface area contributed by atoms with Gasteiger partial charge in [-0.05, 0) is 50.6 Å². The molecule has 0 aliphatic carbocycles. The Hall–Kier alpha value is -1.14. The molecule has 0 saturated carbocycles. The summed E-state index contributed by atoms with van der Waals surface area (Å²) in [5, 5.41) is 2.66. The highest BCUT2D eigenvalue weighted by molar-refractivity contribution is 7.93. The van der Waals surface area contributed by atoms with Crippen molar-refractivity contribution in [1.82, 2.24) is 5.32 Å². The van der Waals surface area contributed by atoms with Gasteiger partial charge in [-0.25, -0.2) is 12.8 Å². The van der Waals surface area contributed by atoms with Gasteiger partial charge in [-0.3, -0.25) is 4.72 Å². The highest BCUT2D eigenvalue weighted by Gasteiger charge is 2.27. The van der Waals surface area contributed by atoms with Crippen molar-refractivity contribution in [3.05, 3.63) is 29.6 Å². The summed E-state index contributed by atoms with van der Waals surface area (Å²) in [6.45, 7) is 3.16. The van der Waals surface area contributed by atoms with E-state index in [0.29, 0.717) is 25.9 Å². The molecule has 2 N–H and O–H groups in total. The Labute approximate surface area is 107 Å². The molecule has 1 aliphatic rings. The average molecular weight is 272 g/mol. The summed E-state index contributed by atoms with van der Waals surface area (Å²) in [4.78, 5) is 0. The Balaban J connectivity index is 2.18. The third kappa shape index (κ3) is 3.00. The van der Waals surface area contributed by atoms with Gasteiger partial charge in [0.15, 0.2) is 0 Å². The zero-order chi connectivity index (χ0) is 13.2. The summed E-state index contributed by atoms with van der Waals surface area (Å²) in [7, 11) is -3.51. The van der Waals surface area contributed by atoms with Crippen molar-refractivity contribution in [1.29, 1.82) is 0 Å². The Morgan fingerprint density at radius 1 is 1.33 bits per heavy atom. The lowest BCUT2D eigenvalue weighted by Crippen LogP contribution is -2.38. The molecule has 0 unspecified atom stereocenters. The van der Waals surface area contributed by atoms with Crippen molar-refractivity contribution < 1.29 is 12.8 Å². The van der Waals surface area contributed by atoms with E-state index in [4.69, 9.17) is 0 Å². The number of benzene rings is 1. The first-order valence-corrected chi connectivity index (χ1v) is 7.52. The molecule has 0 aromatic heterocycles. The second-order valence-electron chi connectivity index (χ2n) is 4.58. The lowest BCUT2D eigenvalue weighted by atomic mass is 10.2. The van der Waals surface area contributed by atoms with Crippen molar-refractivity contribution in [2.45, 2.75) is 25.0 Å². The number of anilines is 1. The quantitative estimate of drug-likeness (QED) is 0.879. The van der Waals surface area contributed by atoms with E-state index in [2.05, 4.69) is 10.0 Å².